The minimum Gasteiger partial charge on any atom is -0.461 e. The van der Waals surface area contributed by atoms with Gasteiger partial charge in [0.05, 0.1) is 6.61 Å². The van der Waals surface area contributed by atoms with Crippen molar-refractivity contribution in [3.63, 3.8) is 0 Å². The average Bonchev–Trinajstić information content (AvgIpc) is 2.73. The second-order valence-corrected chi connectivity index (χ2v) is 3.81. The Morgan fingerprint density at radius 2 is 1.94 bits per heavy atom. The molecular formula is C14H15NO2. The molecule has 0 spiro atoms. The van der Waals surface area contributed by atoms with E-state index >= 15 is 0 Å². The molecule has 1 aromatic carbocycles. The van der Waals surface area contributed by atoms with Crippen LogP contribution in [0.5, 0.6) is 0 Å². The van der Waals surface area contributed by atoms with Crippen molar-refractivity contribution >= 4 is 5.97 Å². The number of rotatable bonds is 3. The molecule has 88 valence electrons. The molecule has 0 atom stereocenters. The van der Waals surface area contributed by atoms with Crippen LogP contribution >= 0.6 is 0 Å². The predicted molar refractivity (Wildman–Crippen MR) is 66.8 cm³/mol. The lowest BCUT2D eigenvalue weighted by Gasteiger charge is -2.01. The first-order valence-corrected chi connectivity index (χ1v) is 5.61. The Kier molecular flexibility index (Phi) is 3.28. The molecule has 1 aromatic heterocycles. The molecule has 17 heavy (non-hydrogen) atoms. The highest BCUT2D eigenvalue weighted by molar-refractivity contribution is 5.89. The van der Waals surface area contributed by atoms with Crippen molar-refractivity contribution in [3.8, 4) is 11.1 Å². The smallest absolute Gasteiger partial charge is 0.354 e. The first-order chi connectivity index (χ1) is 8.22. The van der Waals surface area contributed by atoms with Gasteiger partial charge in [-0.3, -0.25) is 0 Å². The Hall–Kier alpha value is -2.03. The molecule has 0 saturated heterocycles. The Balaban J connectivity index is 2.34. The van der Waals surface area contributed by atoms with Crippen LogP contribution in [0.3, 0.4) is 0 Å². The van der Waals surface area contributed by atoms with E-state index < -0.39 is 0 Å². The van der Waals surface area contributed by atoms with Gasteiger partial charge >= 0.3 is 5.97 Å². The molecule has 0 fully saturated rings. The monoisotopic (exact) mass is 229 g/mol. The number of ether oxygens (including phenoxy) is 1. The molecule has 0 saturated carbocycles. The lowest BCUT2D eigenvalue weighted by atomic mass is 10.1. The molecule has 3 nitrogen and oxygen atoms in total. The van der Waals surface area contributed by atoms with Gasteiger partial charge in [0.2, 0.25) is 0 Å². The molecule has 2 rings (SSSR count). The van der Waals surface area contributed by atoms with Crippen molar-refractivity contribution in [1.29, 1.82) is 0 Å². The molecule has 0 aliphatic carbocycles. The van der Waals surface area contributed by atoms with Crippen LogP contribution in [0.2, 0.25) is 0 Å². The van der Waals surface area contributed by atoms with E-state index in [4.69, 9.17) is 4.74 Å². The predicted octanol–water partition coefficient (Wildman–Crippen LogP) is 2.87. The maximum Gasteiger partial charge on any atom is 0.354 e. The van der Waals surface area contributed by atoms with Crippen LogP contribution in [-0.2, 0) is 11.8 Å². The second kappa shape index (κ2) is 4.87. The van der Waals surface area contributed by atoms with Crippen LogP contribution in [0.4, 0.5) is 0 Å². The SMILES string of the molecule is CCOC(=O)c1cc(-c2ccccc2)cn1C. The van der Waals surface area contributed by atoms with Gasteiger partial charge in [-0.2, -0.15) is 0 Å². The molecule has 0 radical (unpaired) electrons. The summed E-state index contributed by atoms with van der Waals surface area (Å²) < 4.78 is 6.79. The molecule has 0 bridgehead atoms. The van der Waals surface area contributed by atoms with Gasteiger partial charge in [0.25, 0.3) is 0 Å². The molecule has 0 aliphatic heterocycles. The average molecular weight is 229 g/mol. The summed E-state index contributed by atoms with van der Waals surface area (Å²) in [4.78, 5) is 11.7. The molecule has 0 amide bonds. The summed E-state index contributed by atoms with van der Waals surface area (Å²) in [6.07, 6.45) is 1.93. The first-order valence-electron chi connectivity index (χ1n) is 5.61. The van der Waals surface area contributed by atoms with E-state index in [0.717, 1.165) is 11.1 Å². The minimum atomic E-state index is -0.280. The quantitative estimate of drug-likeness (QED) is 0.758. The van der Waals surface area contributed by atoms with Gasteiger partial charge in [0, 0.05) is 18.8 Å². The highest BCUT2D eigenvalue weighted by atomic mass is 16.5. The zero-order chi connectivity index (χ0) is 12.3. The van der Waals surface area contributed by atoms with Gasteiger partial charge < -0.3 is 9.30 Å². The number of hydrogen-bond donors (Lipinski definition) is 0. The van der Waals surface area contributed by atoms with Crippen LogP contribution < -0.4 is 0 Å². The number of carbonyl (C=O) groups excluding carboxylic acids is 1. The first kappa shape index (κ1) is 11.5. The van der Waals surface area contributed by atoms with Crippen molar-refractivity contribution in [2.24, 2.45) is 7.05 Å². The largest absolute Gasteiger partial charge is 0.461 e. The van der Waals surface area contributed by atoms with E-state index in [0.29, 0.717) is 12.3 Å². The van der Waals surface area contributed by atoms with Gasteiger partial charge in [-0.1, -0.05) is 30.3 Å². The third-order valence-corrected chi connectivity index (χ3v) is 2.60. The highest BCUT2D eigenvalue weighted by Gasteiger charge is 2.13. The van der Waals surface area contributed by atoms with Crippen LogP contribution in [0, 0.1) is 0 Å². The normalized spacial score (nSPS) is 10.2. The number of aryl methyl sites for hydroxylation is 1. The van der Waals surface area contributed by atoms with Crippen molar-refractivity contribution in [3.05, 3.63) is 48.3 Å². The lowest BCUT2D eigenvalue weighted by Crippen LogP contribution is -2.08. The number of aromatic nitrogens is 1. The van der Waals surface area contributed by atoms with E-state index in [-0.39, 0.29) is 5.97 Å². The molecule has 0 aliphatic rings. The summed E-state index contributed by atoms with van der Waals surface area (Å²) in [5, 5.41) is 0. The fraction of sp³-hybridized carbons (Fsp3) is 0.214. The van der Waals surface area contributed by atoms with Crippen LogP contribution in [0.1, 0.15) is 17.4 Å². The maximum absolute atomic E-state index is 11.7. The summed E-state index contributed by atoms with van der Waals surface area (Å²) >= 11 is 0. The van der Waals surface area contributed by atoms with Crippen molar-refractivity contribution in [1.82, 2.24) is 4.57 Å². The third kappa shape index (κ3) is 2.38. The van der Waals surface area contributed by atoms with E-state index in [1.54, 1.807) is 11.5 Å². The standard InChI is InChI=1S/C14H15NO2/c1-3-17-14(16)13-9-12(10-15(13)2)11-7-5-4-6-8-11/h4-10H,3H2,1-2H3. The second-order valence-electron chi connectivity index (χ2n) is 3.81. The maximum atomic E-state index is 11.7. The summed E-state index contributed by atoms with van der Waals surface area (Å²) in [6.45, 7) is 2.20. The van der Waals surface area contributed by atoms with Crippen LogP contribution in [0.15, 0.2) is 42.6 Å². The molecule has 1 heterocycles. The van der Waals surface area contributed by atoms with E-state index in [1.807, 2.05) is 49.6 Å². The summed E-state index contributed by atoms with van der Waals surface area (Å²) in [6, 6.07) is 11.8. The Bertz CT molecular complexity index is 514. The number of carbonyl (C=O) groups is 1. The zero-order valence-corrected chi connectivity index (χ0v) is 10.0. The molecule has 2 aromatic rings. The fourth-order valence-electron chi connectivity index (χ4n) is 1.76. The van der Waals surface area contributed by atoms with Crippen molar-refractivity contribution < 1.29 is 9.53 Å². The van der Waals surface area contributed by atoms with Crippen LogP contribution in [0.25, 0.3) is 11.1 Å². The Labute approximate surface area is 101 Å². The molecule has 3 heteroatoms. The Morgan fingerprint density at radius 1 is 1.24 bits per heavy atom. The van der Waals surface area contributed by atoms with Gasteiger partial charge in [-0.15, -0.1) is 0 Å². The molecule has 0 N–H and O–H groups in total. The van der Waals surface area contributed by atoms with Gasteiger partial charge in [-0.25, -0.2) is 4.79 Å². The number of hydrogen-bond acceptors (Lipinski definition) is 2. The summed E-state index contributed by atoms with van der Waals surface area (Å²) in [5.41, 5.74) is 2.69. The lowest BCUT2D eigenvalue weighted by molar-refractivity contribution is 0.0515. The third-order valence-electron chi connectivity index (χ3n) is 2.60. The summed E-state index contributed by atoms with van der Waals surface area (Å²) in [7, 11) is 1.85. The fourth-order valence-corrected chi connectivity index (χ4v) is 1.76. The molecular weight excluding hydrogens is 214 g/mol. The zero-order valence-electron chi connectivity index (χ0n) is 10.0. The topological polar surface area (TPSA) is 31.2 Å². The van der Waals surface area contributed by atoms with Gasteiger partial charge in [-0.05, 0) is 18.6 Å². The molecule has 0 unspecified atom stereocenters. The van der Waals surface area contributed by atoms with Crippen molar-refractivity contribution in [2.45, 2.75) is 6.92 Å². The Morgan fingerprint density at radius 3 is 2.59 bits per heavy atom. The minimum absolute atomic E-state index is 0.280. The van der Waals surface area contributed by atoms with E-state index in [9.17, 15) is 4.79 Å². The van der Waals surface area contributed by atoms with E-state index in [1.165, 1.54) is 0 Å². The van der Waals surface area contributed by atoms with Gasteiger partial charge in [0.1, 0.15) is 5.69 Å². The number of benzene rings is 1. The van der Waals surface area contributed by atoms with Gasteiger partial charge in [0.15, 0.2) is 0 Å². The highest BCUT2D eigenvalue weighted by Crippen LogP contribution is 2.21. The number of nitrogens with zero attached hydrogens (tertiary/aromatic N) is 1. The number of esters is 1. The van der Waals surface area contributed by atoms with E-state index in [2.05, 4.69) is 0 Å². The summed E-state index contributed by atoms with van der Waals surface area (Å²) in [5.74, 6) is -0.280. The van der Waals surface area contributed by atoms with Crippen molar-refractivity contribution in [2.75, 3.05) is 6.61 Å². The van der Waals surface area contributed by atoms with Crippen LogP contribution in [-0.4, -0.2) is 17.1 Å².